The topological polar surface area (TPSA) is 85.9 Å². The van der Waals surface area contributed by atoms with E-state index in [0.717, 1.165) is 4.47 Å². The highest BCUT2D eigenvalue weighted by molar-refractivity contribution is 9.10. The fraction of sp³-hybridized carbons (Fsp3) is 0.118. The molecular formula is C17H16BrN3O3S. The first-order chi connectivity index (χ1) is 12.0. The first-order valence-corrected chi connectivity index (χ1v) is 8.53. The van der Waals surface area contributed by atoms with E-state index in [9.17, 15) is 4.79 Å². The maximum absolute atomic E-state index is 12.3. The summed E-state index contributed by atoms with van der Waals surface area (Å²) in [7, 11) is 0. The molecule has 0 radical (unpaired) electrons. The van der Waals surface area contributed by atoms with Gasteiger partial charge in [-0.2, -0.15) is 5.10 Å². The van der Waals surface area contributed by atoms with E-state index in [0.29, 0.717) is 29.2 Å². The number of carbonyl (C=O) groups excluding carboxylic acids is 1. The number of nitrogens with two attached hydrogens (primary N) is 1. The van der Waals surface area contributed by atoms with Gasteiger partial charge in [0.05, 0.1) is 18.4 Å². The summed E-state index contributed by atoms with van der Waals surface area (Å²) in [5.74, 6) is 0.567. The van der Waals surface area contributed by atoms with Gasteiger partial charge in [-0.05, 0) is 61.6 Å². The third-order valence-electron chi connectivity index (χ3n) is 2.95. The molecule has 2 aromatic rings. The third-order valence-corrected chi connectivity index (χ3v) is 3.54. The lowest BCUT2D eigenvalue weighted by atomic mass is 10.2. The lowest BCUT2D eigenvalue weighted by molar-refractivity contribution is 0.0734. The van der Waals surface area contributed by atoms with Crippen molar-refractivity contribution in [1.29, 1.82) is 0 Å². The largest absolute Gasteiger partial charge is 0.494 e. The van der Waals surface area contributed by atoms with Crippen LogP contribution in [0.25, 0.3) is 0 Å². The zero-order chi connectivity index (χ0) is 18.2. The quantitative estimate of drug-likeness (QED) is 0.245. The molecule has 130 valence electrons. The molecular weight excluding hydrogens is 406 g/mol. The molecule has 0 fully saturated rings. The molecule has 6 nitrogen and oxygen atoms in total. The molecule has 2 aromatic carbocycles. The van der Waals surface area contributed by atoms with Crippen LogP contribution in [0.4, 0.5) is 0 Å². The Labute approximate surface area is 159 Å². The minimum Gasteiger partial charge on any atom is -0.494 e. The number of hydrazone groups is 1. The van der Waals surface area contributed by atoms with Gasteiger partial charge in [0.15, 0.2) is 5.11 Å². The van der Waals surface area contributed by atoms with Crippen molar-refractivity contribution >= 4 is 45.4 Å². The van der Waals surface area contributed by atoms with Crippen LogP contribution in [-0.2, 0) is 0 Å². The van der Waals surface area contributed by atoms with Crippen LogP contribution >= 0.6 is 28.1 Å². The molecule has 0 aliphatic carbocycles. The maximum Gasteiger partial charge on any atom is 0.343 e. The van der Waals surface area contributed by atoms with Gasteiger partial charge in [0.2, 0.25) is 0 Å². The summed E-state index contributed by atoms with van der Waals surface area (Å²) in [5, 5.41) is 3.93. The van der Waals surface area contributed by atoms with Crippen molar-refractivity contribution in [1.82, 2.24) is 5.43 Å². The van der Waals surface area contributed by atoms with Gasteiger partial charge in [0.1, 0.15) is 11.5 Å². The lowest BCUT2D eigenvalue weighted by Gasteiger charge is -2.09. The molecule has 0 unspecified atom stereocenters. The Morgan fingerprint density at radius 2 is 2.04 bits per heavy atom. The second kappa shape index (κ2) is 9.14. The van der Waals surface area contributed by atoms with Crippen molar-refractivity contribution in [3.8, 4) is 11.5 Å². The van der Waals surface area contributed by atoms with Crippen LogP contribution in [0, 0.1) is 0 Å². The van der Waals surface area contributed by atoms with Crippen LogP contribution < -0.4 is 20.6 Å². The van der Waals surface area contributed by atoms with E-state index in [4.69, 9.17) is 15.2 Å². The predicted molar refractivity (Wildman–Crippen MR) is 104 cm³/mol. The Balaban J connectivity index is 2.16. The van der Waals surface area contributed by atoms with E-state index in [1.165, 1.54) is 6.21 Å². The number of ether oxygens (including phenoxy) is 2. The zero-order valence-electron chi connectivity index (χ0n) is 13.4. The summed E-state index contributed by atoms with van der Waals surface area (Å²) >= 11 is 8.04. The van der Waals surface area contributed by atoms with Gasteiger partial charge in [-0.3, -0.25) is 5.43 Å². The molecule has 0 aliphatic heterocycles. The number of rotatable bonds is 6. The molecule has 0 atom stereocenters. The van der Waals surface area contributed by atoms with E-state index < -0.39 is 5.97 Å². The lowest BCUT2D eigenvalue weighted by Crippen LogP contribution is -2.24. The van der Waals surface area contributed by atoms with Gasteiger partial charge in [0, 0.05) is 10.0 Å². The first-order valence-electron chi connectivity index (χ1n) is 7.32. The molecule has 0 aromatic heterocycles. The zero-order valence-corrected chi connectivity index (χ0v) is 15.8. The molecule has 0 bridgehead atoms. The number of benzene rings is 2. The summed E-state index contributed by atoms with van der Waals surface area (Å²) in [6, 6.07) is 11.9. The molecule has 0 amide bonds. The van der Waals surface area contributed by atoms with Crippen LogP contribution in [-0.4, -0.2) is 23.9 Å². The molecule has 0 spiro atoms. The normalized spacial score (nSPS) is 10.5. The Kier molecular flexibility index (Phi) is 6.91. The second-order valence-corrected chi connectivity index (χ2v) is 6.12. The maximum atomic E-state index is 12.3. The number of hydrogen-bond donors (Lipinski definition) is 2. The molecule has 0 heterocycles. The van der Waals surface area contributed by atoms with Crippen molar-refractivity contribution in [2.45, 2.75) is 6.92 Å². The minimum atomic E-state index is -0.484. The Bertz CT molecular complexity index is 794. The molecule has 0 saturated heterocycles. The average Bonchev–Trinajstić information content (AvgIpc) is 2.58. The first kappa shape index (κ1) is 18.9. The smallest absolute Gasteiger partial charge is 0.343 e. The standard InChI is InChI=1S/C17H16BrN3O3S/c1-2-23-14-6-3-11(4-7-14)16(22)24-15-8-5-13(18)9-12(15)10-20-21-17(19)25/h3-10H,2H2,1H3,(H3,19,21,25)/b20-10+. The highest BCUT2D eigenvalue weighted by atomic mass is 79.9. The van der Waals surface area contributed by atoms with E-state index in [1.807, 2.05) is 6.92 Å². The van der Waals surface area contributed by atoms with Crippen LogP contribution in [0.3, 0.4) is 0 Å². The Morgan fingerprint density at radius 1 is 1.32 bits per heavy atom. The predicted octanol–water partition coefficient (Wildman–Crippen LogP) is 3.23. The summed E-state index contributed by atoms with van der Waals surface area (Å²) < 4.78 is 11.6. The summed E-state index contributed by atoms with van der Waals surface area (Å²) in [4.78, 5) is 12.3. The van der Waals surface area contributed by atoms with Gasteiger partial charge in [-0.15, -0.1) is 0 Å². The SMILES string of the molecule is CCOc1ccc(C(=O)Oc2ccc(Br)cc2/C=N/NC(N)=S)cc1. The van der Waals surface area contributed by atoms with Crippen molar-refractivity contribution in [2.75, 3.05) is 6.61 Å². The molecule has 0 aliphatic rings. The van der Waals surface area contributed by atoms with E-state index in [2.05, 4.69) is 38.7 Å². The van der Waals surface area contributed by atoms with Gasteiger partial charge in [-0.25, -0.2) is 4.79 Å². The highest BCUT2D eigenvalue weighted by Gasteiger charge is 2.12. The number of carbonyl (C=O) groups is 1. The second-order valence-electron chi connectivity index (χ2n) is 4.76. The highest BCUT2D eigenvalue weighted by Crippen LogP contribution is 2.23. The number of nitrogens with zero attached hydrogens (tertiary/aromatic N) is 1. The molecule has 3 N–H and O–H groups in total. The van der Waals surface area contributed by atoms with Crippen LogP contribution in [0.5, 0.6) is 11.5 Å². The van der Waals surface area contributed by atoms with Crippen molar-refractivity contribution in [3.63, 3.8) is 0 Å². The van der Waals surface area contributed by atoms with Crippen LogP contribution in [0.15, 0.2) is 52.0 Å². The number of halogens is 1. The minimum absolute atomic E-state index is 0.0409. The van der Waals surface area contributed by atoms with Crippen molar-refractivity contribution in [3.05, 3.63) is 58.1 Å². The molecule has 8 heteroatoms. The third kappa shape index (κ3) is 5.84. The van der Waals surface area contributed by atoms with Gasteiger partial charge < -0.3 is 15.2 Å². The van der Waals surface area contributed by atoms with E-state index in [-0.39, 0.29) is 5.11 Å². The summed E-state index contributed by atoms with van der Waals surface area (Å²) in [6.45, 7) is 2.46. The van der Waals surface area contributed by atoms with E-state index in [1.54, 1.807) is 42.5 Å². The number of esters is 1. The number of hydrogen-bond acceptors (Lipinski definition) is 5. The van der Waals surface area contributed by atoms with Crippen LogP contribution in [0.1, 0.15) is 22.8 Å². The number of nitrogens with one attached hydrogen (secondary N) is 1. The van der Waals surface area contributed by atoms with Gasteiger partial charge in [0.25, 0.3) is 0 Å². The van der Waals surface area contributed by atoms with Gasteiger partial charge in [-0.1, -0.05) is 15.9 Å². The average molecular weight is 422 g/mol. The fourth-order valence-corrected chi connectivity index (χ4v) is 2.32. The molecule has 25 heavy (non-hydrogen) atoms. The van der Waals surface area contributed by atoms with Crippen LogP contribution in [0.2, 0.25) is 0 Å². The van der Waals surface area contributed by atoms with E-state index >= 15 is 0 Å². The summed E-state index contributed by atoms with van der Waals surface area (Å²) in [6.07, 6.45) is 1.46. The van der Waals surface area contributed by atoms with Crippen molar-refractivity contribution < 1.29 is 14.3 Å². The van der Waals surface area contributed by atoms with Gasteiger partial charge >= 0.3 is 5.97 Å². The Hall–Kier alpha value is -2.45. The monoisotopic (exact) mass is 421 g/mol. The Morgan fingerprint density at radius 3 is 2.68 bits per heavy atom. The molecule has 2 rings (SSSR count). The van der Waals surface area contributed by atoms with Crippen molar-refractivity contribution in [2.24, 2.45) is 10.8 Å². The fourth-order valence-electron chi connectivity index (χ4n) is 1.89. The molecule has 0 saturated carbocycles. The number of thiocarbonyl (C=S) groups is 1. The summed E-state index contributed by atoms with van der Waals surface area (Å²) in [5.41, 5.74) is 8.76.